The van der Waals surface area contributed by atoms with Crippen molar-refractivity contribution in [3.63, 3.8) is 0 Å². The van der Waals surface area contributed by atoms with E-state index in [9.17, 15) is 0 Å². The molecule has 80 valence electrons. The molecule has 15 heavy (non-hydrogen) atoms. The van der Waals surface area contributed by atoms with Gasteiger partial charge in [-0.2, -0.15) is 0 Å². The predicted octanol–water partition coefficient (Wildman–Crippen LogP) is 1.57. The number of nitrogen functional groups attached to an aromatic ring is 1. The maximum absolute atomic E-state index is 7.30. The molecule has 0 aliphatic carbocycles. The summed E-state index contributed by atoms with van der Waals surface area (Å²) >= 11 is 0. The van der Waals surface area contributed by atoms with Crippen LogP contribution in [-0.2, 0) is 6.54 Å². The van der Waals surface area contributed by atoms with E-state index in [4.69, 9.17) is 11.1 Å². The first-order chi connectivity index (χ1) is 7.25. The Morgan fingerprint density at radius 1 is 1.20 bits per heavy atom. The van der Waals surface area contributed by atoms with E-state index in [-0.39, 0.29) is 5.84 Å². The second kappa shape index (κ2) is 4.45. The number of rotatable bonds is 3. The molecule has 1 aromatic carbocycles. The molecule has 1 aliphatic heterocycles. The average Bonchev–Trinajstić information content (AvgIpc) is 2.71. The molecule has 3 nitrogen and oxygen atoms in total. The minimum Gasteiger partial charge on any atom is -0.384 e. The molecule has 0 saturated carbocycles. The average molecular weight is 203 g/mol. The molecule has 1 fully saturated rings. The van der Waals surface area contributed by atoms with E-state index >= 15 is 0 Å². The molecule has 1 aliphatic rings. The molecule has 0 bridgehead atoms. The van der Waals surface area contributed by atoms with Crippen molar-refractivity contribution in [3.8, 4) is 0 Å². The largest absolute Gasteiger partial charge is 0.384 e. The Kier molecular flexibility index (Phi) is 3.02. The Morgan fingerprint density at radius 3 is 2.33 bits per heavy atom. The van der Waals surface area contributed by atoms with E-state index < -0.39 is 0 Å². The summed E-state index contributed by atoms with van der Waals surface area (Å²) in [6, 6.07) is 7.98. The van der Waals surface area contributed by atoms with Crippen LogP contribution in [0.1, 0.15) is 24.0 Å². The van der Waals surface area contributed by atoms with Crippen LogP contribution in [0.15, 0.2) is 24.3 Å². The number of amidine groups is 1. The van der Waals surface area contributed by atoms with Gasteiger partial charge >= 0.3 is 0 Å². The maximum Gasteiger partial charge on any atom is 0.122 e. The zero-order chi connectivity index (χ0) is 10.7. The monoisotopic (exact) mass is 203 g/mol. The molecule has 3 heteroatoms. The SMILES string of the molecule is N=C(N)c1ccc(CN2CCCC2)cc1. The van der Waals surface area contributed by atoms with Gasteiger partial charge in [-0.15, -0.1) is 0 Å². The van der Waals surface area contributed by atoms with Gasteiger partial charge in [0.05, 0.1) is 0 Å². The van der Waals surface area contributed by atoms with Crippen LogP contribution in [0, 0.1) is 5.41 Å². The molecule has 2 rings (SSSR count). The normalized spacial score (nSPS) is 16.8. The van der Waals surface area contributed by atoms with Crippen LogP contribution < -0.4 is 5.73 Å². The van der Waals surface area contributed by atoms with Crippen LogP contribution in [0.25, 0.3) is 0 Å². The summed E-state index contributed by atoms with van der Waals surface area (Å²) in [7, 11) is 0. The second-order valence-corrected chi connectivity index (χ2v) is 4.09. The zero-order valence-corrected chi connectivity index (χ0v) is 8.87. The third-order valence-electron chi connectivity index (χ3n) is 2.87. The maximum atomic E-state index is 7.30. The highest BCUT2D eigenvalue weighted by atomic mass is 15.1. The summed E-state index contributed by atoms with van der Waals surface area (Å²) in [5.41, 5.74) is 7.51. The van der Waals surface area contributed by atoms with E-state index in [1.807, 2.05) is 12.1 Å². The number of likely N-dealkylation sites (tertiary alicyclic amines) is 1. The fourth-order valence-corrected chi connectivity index (χ4v) is 1.99. The van der Waals surface area contributed by atoms with Crippen LogP contribution in [0.3, 0.4) is 0 Å². The standard InChI is InChI=1S/C12H17N3/c13-12(14)11-5-3-10(4-6-11)9-15-7-1-2-8-15/h3-6H,1-2,7-9H2,(H3,13,14). The third-order valence-corrected chi connectivity index (χ3v) is 2.87. The first-order valence-electron chi connectivity index (χ1n) is 5.41. The smallest absolute Gasteiger partial charge is 0.122 e. The number of benzene rings is 1. The topological polar surface area (TPSA) is 53.1 Å². The highest BCUT2D eigenvalue weighted by Gasteiger charge is 2.11. The van der Waals surface area contributed by atoms with Gasteiger partial charge in [-0.05, 0) is 31.5 Å². The highest BCUT2D eigenvalue weighted by Crippen LogP contribution is 2.13. The van der Waals surface area contributed by atoms with Crippen molar-refractivity contribution < 1.29 is 0 Å². The van der Waals surface area contributed by atoms with E-state index in [2.05, 4.69) is 17.0 Å². The molecule has 1 saturated heterocycles. The molecular formula is C12H17N3. The van der Waals surface area contributed by atoms with Crippen molar-refractivity contribution in [1.82, 2.24) is 4.90 Å². The molecule has 1 aromatic rings. The Bertz CT molecular complexity index is 336. The first-order valence-corrected chi connectivity index (χ1v) is 5.41. The number of nitrogens with one attached hydrogen (secondary N) is 1. The van der Waals surface area contributed by atoms with Gasteiger partial charge in [0.2, 0.25) is 0 Å². The fraction of sp³-hybridized carbons (Fsp3) is 0.417. The lowest BCUT2D eigenvalue weighted by molar-refractivity contribution is 0.331. The van der Waals surface area contributed by atoms with Crippen molar-refractivity contribution in [2.24, 2.45) is 5.73 Å². The van der Waals surface area contributed by atoms with E-state index in [0.29, 0.717) is 0 Å². The molecule has 0 unspecified atom stereocenters. The summed E-state index contributed by atoms with van der Waals surface area (Å²) in [4.78, 5) is 2.46. The zero-order valence-electron chi connectivity index (χ0n) is 8.87. The van der Waals surface area contributed by atoms with E-state index in [1.165, 1.54) is 31.5 Å². The van der Waals surface area contributed by atoms with Gasteiger partial charge in [0.1, 0.15) is 5.84 Å². The minimum absolute atomic E-state index is 0.141. The van der Waals surface area contributed by atoms with Crippen LogP contribution in [-0.4, -0.2) is 23.8 Å². The van der Waals surface area contributed by atoms with Gasteiger partial charge in [-0.25, -0.2) is 0 Å². The Morgan fingerprint density at radius 2 is 1.80 bits per heavy atom. The summed E-state index contributed by atoms with van der Waals surface area (Å²) in [6.45, 7) is 3.46. The number of hydrogen-bond donors (Lipinski definition) is 2. The molecule has 3 N–H and O–H groups in total. The van der Waals surface area contributed by atoms with Gasteiger partial charge in [-0.3, -0.25) is 10.3 Å². The predicted molar refractivity (Wildman–Crippen MR) is 62.0 cm³/mol. The Balaban J connectivity index is 2.00. The van der Waals surface area contributed by atoms with E-state index in [1.54, 1.807) is 0 Å². The van der Waals surface area contributed by atoms with Crippen molar-refractivity contribution in [2.45, 2.75) is 19.4 Å². The van der Waals surface area contributed by atoms with Gasteiger partial charge in [0.25, 0.3) is 0 Å². The highest BCUT2D eigenvalue weighted by molar-refractivity contribution is 5.94. The first kappa shape index (κ1) is 10.2. The molecule has 0 amide bonds. The summed E-state index contributed by atoms with van der Waals surface area (Å²) < 4.78 is 0. The van der Waals surface area contributed by atoms with Gasteiger partial charge in [0.15, 0.2) is 0 Å². The lowest BCUT2D eigenvalue weighted by Gasteiger charge is -2.14. The molecular weight excluding hydrogens is 186 g/mol. The van der Waals surface area contributed by atoms with Crippen molar-refractivity contribution in [1.29, 1.82) is 5.41 Å². The van der Waals surface area contributed by atoms with Crippen molar-refractivity contribution in [3.05, 3.63) is 35.4 Å². The molecule has 0 aromatic heterocycles. The second-order valence-electron chi connectivity index (χ2n) is 4.09. The minimum atomic E-state index is 0.141. The molecule has 1 heterocycles. The molecule has 0 atom stereocenters. The van der Waals surface area contributed by atoms with Gasteiger partial charge in [0, 0.05) is 12.1 Å². The number of nitrogens with two attached hydrogens (primary N) is 1. The molecule has 0 spiro atoms. The van der Waals surface area contributed by atoms with Crippen molar-refractivity contribution in [2.75, 3.05) is 13.1 Å². The lowest BCUT2D eigenvalue weighted by Crippen LogP contribution is -2.18. The lowest BCUT2D eigenvalue weighted by atomic mass is 10.1. The quantitative estimate of drug-likeness (QED) is 0.578. The van der Waals surface area contributed by atoms with Gasteiger partial charge in [-0.1, -0.05) is 24.3 Å². The van der Waals surface area contributed by atoms with Crippen LogP contribution in [0.5, 0.6) is 0 Å². The summed E-state index contributed by atoms with van der Waals surface area (Å²) in [5.74, 6) is 0.141. The number of nitrogens with zero attached hydrogens (tertiary/aromatic N) is 1. The van der Waals surface area contributed by atoms with Crippen LogP contribution in [0.2, 0.25) is 0 Å². The summed E-state index contributed by atoms with van der Waals surface area (Å²) in [5, 5.41) is 7.30. The molecule has 0 radical (unpaired) electrons. The fourth-order valence-electron chi connectivity index (χ4n) is 1.99. The third kappa shape index (κ3) is 2.57. The van der Waals surface area contributed by atoms with Crippen LogP contribution >= 0.6 is 0 Å². The van der Waals surface area contributed by atoms with Crippen molar-refractivity contribution >= 4 is 5.84 Å². The Labute approximate surface area is 90.4 Å². The summed E-state index contributed by atoms with van der Waals surface area (Å²) in [6.07, 6.45) is 2.65. The number of hydrogen-bond acceptors (Lipinski definition) is 2. The van der Waals surface area contributed by atoms with Crippen LogP contribution in [0.4, 0.5) is 0 Å². The Hall–Kier alpha value is -1.35. The van der Waals surface area contributed by atoms with E-state index in [0.717, 1.165) is 12.1 Å². The van der Waals surface area contributed by atoms with Gasteiger partial charge < -0.3 is 5.73 Å².